The average molecular weight is 511 g/mol. The lowest BCUT2D eigenvalue weighted by Crippen LogP contribution is -2.48. The summed E-state index contributed by atoms with van der Waals surface area (Å²) in [5.74, 6) is -0.212. The van der Waals surface area contributed by atoms with Gasteiger partial charge in [0.05, 0.1) is 24.2 Å². The number of rotatable bonds is 6. The Labute approximate surface area is 212 Å². The molecule has 3 heterocycles. The van der Waals surface area contributed by atoms with Crippen molar-refractivity contribution in [3.05, 3.63) is 48.0 Å². The number of amides is 1. The van der Waals surface area contributed by atoms with Crippen LogP contribution in [-0.2, 0) is 19.6 Å². The van der Waals surface area contributed by atoms with Crippen LogP contribution in [0.5, 0.6) is 0 Å². The monoisotopic (exact) mass is 510 g/mol. The molecule has 9 heteroatoms. The molecule has 0 unspecified atom stereocenters. The number of aryl methyl sites for hydroxylation is 1. The Morgan fingerprint density at radius 1 is 1.11 bits per heavy atom. The zero-order valence-electron chi connectivity index (χ0n) is 21.2. The zero-order valence-corrected chi connectivity index (χ0v) is 22.0. The molecule has 2 aliphatic heterocycles. The number of nitrogens with zero attached hydrogens (tertiary/aromatic N) is 3. The van der Waals surface area contributed by atoms with Gasteiger partial charge in [0.2, 0.25) is 15.9 Å². The van der Waals surface area contributed by atoms with Crippen LogP contribution in [0.25, 0.3) is 22.2 Å². The number of hydrogen-bond donors (Lipinski definition) is 1. The van der Waals surface area contributed by atoms with Crippen LogP contribution in [0.1, 0.15) is 25.3 Å². The van der Waals surface area contributed by atoms with Crippen molar-refractivity contribution >= 4 is 32.5 Å². The standard InChI is InChI=1S/C27H34N4O4S/c1-19-6-7-21-15-25(28-24(21)14-19)23-16-22(8-9-26(23)30-10-4-5-11-30)36(33,34)29(3)18-27(32)31-12-13-35-20(2)17-31/h6-9,14-16,20,28H,4-5,10-13,17-18H2,1-3H3/t20-/m0/s1. The van der Waals surface area contributed by atoms with Gasteiger partial charge in [0, 0.05) is 61.1 Å². The van der Waals surface area contributed by atoms with Crippen LogP contribution in [0.15, 0.2) is 47.4 Å². The van der Waals surface area contributed by atoms with Crippen molar-refractivity contribution in [2.24, 2.45) is 0 Å². The summed E-state index contributed by atoms with van der Waals surface area (Å²) in [7, 11) is -2.40. The molecule has 192 valence electrons. The molecule has 1 N–H and O–H groups in total. The van der Waals surface area contributed by atoms with Crippen molar-refractivity contribution in [2.75, 3.05) is 51.3 Å². The van der Waals surface area contributed by atoms with Gasteiger partial charge in [0.1, 0.15) is 0 Å². The van der Waals surface area contributed by atoms with E-state index in [1.807, 2.05) is 13.0 Å². The van der Waals surface area contributed by atoms with Crippen molar-refractivity contribution in [1.29, 1.82) is 0 Å². The van der Waals surface area contributed by atoms with Gasteiger partial charge in [-0.3, -0.25) is 4.79 Å². The van der Waals surface area contributed by atoms with Crippen molar-refractivity contribution in [3.8, 4) is 11.3 Å². The highest BCUT2D eigenvalue weighted by molar-refractivity contribution is 7.89. The number of likely N-dealkylation sites (N-methyl/N-ethyl adjacent to an activating group) is 1. The number of anilines is 1. The van der Waals surface area contributed by atoms with E-state index >= 15 is 0 Å². The van der Waals surface area contributed by atoms with Crippen molar-refractivity contribution < 1.29 is 17.9 Å². The van der Waals surface area contributed by atoms with Crippen molar-refractivity contribution in [2.45, 2.75) is 37.7 Å². The van der Waals surface area contributed by atoms with Gasteiger partial charge in [0.15, 0.2) is 0 Å². The van der Waals surface area contributed by atoms with Crippen LogP contribution in [-0.4, -0.2) is 81.0 Å². The normalized spacial score (nSPS) is 18.9. The SMILES string of the molecule is Cc1ccc2cc(-c3cc(S(=O)(=O)N(C)CC(=O)N4CCO[C@@H](C)C4)ccc3N3CCCC3)[nH]c2c1. The Kier molecular flexibility index (Phi) is 6.80. The lowest BCUT2D eigenvalue weighted by molar-refractivity contribution is -0.138. The van der Waals surface area contributed by atoms with E-state index in [0.29, 0.717) is 19.7 Å². The summed E-state index contributed by atoms with van der Waals surface area (Å²) in [6.07, 6.45) is 2.19. The second-order valence-electron chi connectivity index (χ2n) is 9.93. The summed E-state index contributed by atoms with van der Waals surface area (Å²) in [5, 5.41) is 1.08. The number of ether oxygens (including phenoxy) is 1. The zero-order chi connectivity index (χ0) is 25.4. The van der Waals surface area contributed by atoms with Crippen LogP contribution in [0.4, 0.5) is 5.69 Å². The predicted octanol–water partition coefficient (Wildman–Crippen LogP) is 3.61. The van der Waals surface area contributed by atoms with Crippen LogP contribution < -0.4 is 4.90 Å². The summed E-state index contributed by atoms with van der Waals surface area (Å²) < 4.78 is 33.8. The van der Waals surface area contributed by atoms with Crippen LogP contribution in [0.3, 0.4) is 0 Å². The van der Waals surface area contributed by atoms with Gasteiger partial charge >= 0.3 is 0 Å². The molecule has 2 fully saturated rings. The fourth-order valence-electron chi connectivity index (χ4n) is 5.11. The number of nitrogens with one attached hydrogen (secondary N) is 1. The van der Waals surface area contributed by atoms with Gasteiger partial charge in [-0.2, -0.15) is 4.31 Å². The van der Waals surface area contributed by atoms with E-state index in [4.69, 9.17) is 4.74 Å². The first-order valence-corrected chi connectivity index (χ1v) is 14.0. The molecule has 1 amide bonds. The Hall–Kier alpha value is -2.88. The number of hydrogen-bond acceptors (Lipinski definition) is 5. The van der Waals surface area contributed by atoms with Gasteiger partial charge in [0.25, 0.3) is 0 Å². The number of aromatic nitrogens is 1. The number of aromatic amines is 1. The minimum absolute atomic E-state index is 0.0506. The number of carbonyl (C=O) groups excluding carboxylic acids is 1. The molecule has 3 aromatic rings. The minimum Gasteiger partial charge on any atom is -0.375 e. The van der Waals surface area contributed by atoms with Crippen molar-refractivity contribution in [1.82, 2.24) is 14.2 Å². The Morgan fingerprint density at radius 2 is 1.89 bits per heavy atom. The van der Waals surface area contributed by atoms with Crippen molar-refractivity contribution in [3.63, 3.8) is 0 Å². The smallest absolute Gasteiger partial charge is 0.243 e. The summed E-state index contributed by atoms with van der Waals surface area (Å²) in [6.45, 7) is 7.08. The molecule has 0 bridgehead atoms. The largest absolute Gasteiger partial charge is 0.375 e. The second kappa shape index (κ2) is 9.88. The maximum absolute atomic E-state index is 13.6. The molecule has 36 heavy (non-hydrogen) atoms. The highest BCUT2D eigenvalue weighted by Crippen LogP contribution is 2.36. The average Bonchev–Trinajstić information content (AvgIpc) is 3.53. The maximum atomic E-state index is 13.6. The van der Waals surface area contributed by atoms with Gasteiger partial charge in [-0.15, -0.1) is 0 Å². The third-order valence-corrected chi connectivity index (χ3v) is 8.94. The molecule has 1 atom stereocenters. The summed E-state index contributed by atoms with van der Waals surface area (Å²) >= 11 is 0. The molecular formula is C27H34N4O4S. The molecule has 8 nitrogen and oxygen atoms in total. The van der Waals surface area contributed by atoms with Crippen LogP contribution in [0, 0.1) is 6.92 Å². The molecular weight excluding hydrogens is 476 g/mol. The number of fused-ring (bicyclic) bond motifs is 1. The fraction of sp³-hybridized carbons (Fsp3) is 0.444. The van der Waals surface area contributed by atoms with Gasteiger partial charge in [-0.05, 0) is 62.6 Å². The van der Waals surface area contributed by atoms with E-state index in [2.05, 4.69) is 41.1 Å². The third kappa shape index (κ3) is 4.87. The minimum atomic E-state index is -3.87. The summed E-state index contributed by atoms with van der Waals surface area (Å²) in [4.78, 5) is 20.5. The number of benzene rings is 2. The number of morpholine rings is 1. The summed E-state index contributed by atoms with van der Waals surface area (Å²) in [6, 6.07) is 13.6. The summed E-state index contributed by atoms with van der Waals surface area (Å²) in [5.41, 5.74) is 4.95. The first kappa shape index (κ1) is 24.8. The topological polar surface area (TPSA) is 85.9 Å². The quantitative estimate of drug-likeness (QED) is 0.548. The van der Waals surface area contributed by atoms with Crippen LogP contribution >= 0.6 is 0 Å². The number of H-pyrrole nitrogens is 1. The molecule has 0 aliphatic carbocycles. The third-order valence-electron chi connectivity index (χ3n) is 7.14. The molecule has 5 rings (SSSR count). The molecule has 2 aliphatic rings. The highest BCUT2D eigenvalue weighted by atomic mass is 32.2. The van der Waals surface area contributed by atoms with Gasteiger partial charge < -0.3 is 19.5 Å². The Balaban J connectivity index is 1.48. The van der Waals surface area contributed by atoms with Gasteiger partial charge in [-0.25, -0.2) is 8.42 Å². The van der Waals surface area contributed by atoms with E-state index in [1.54, 1.807) is 17.0 Å². The maximum Gasteiger partial charge on any atom is 0.243 e. The lowest BCUT2D eigenvalue weighted by atomic mass is 10.1. The van der Waals surface area contributed by atoms with E-state index in [0.717, 1.165) is 63.6 Å². The number of carbonyl (C=O) groups is 1. The molecule has 0 radical (unpaired) electrons. The van der Waals surface area contributed by atoms with Crippen LogP contribution in [0.2, 0.25) is 0 Å². The first-order valence-electron chi connectivity index (χ1n) is 12.6. The molecule has 2 aromatic carbocycles. The van der Waals surface area contributed by atoms with E-state index in [9.17, 15) is 13.2 Å². The van der Waals surface area contributed by atoms with E-state index in [1.165, 1.54) is 7.05 Å². The Bertz CT molecular complexity index is 1380. The lowest BCUT2D eigenvalue weighted by Gasteiger charge is -2.32. The fourth-order valence-corrected chi connectivity index (χ4v) is 6.26. The Morgan fingerprint density at radius 3 is 2.64 bits per heavy atom. The molecule has 0 saturated carbocycles. The molecule has 2 saturated heterocycles. The molecule has 1 aromatic heterocycles. The second-order valence-corrected chi connectivity index (χ2v) is 12.0. The number of sulfonamides is 1. The predicted molar refractivity (Wildman–Crippen MR) is 142 cm³/mol. The first-order chi connectivity index (χ1) is 17.2. The highest BCUT2D eigenvalue weighted by Gasteiger charge is 2.29. The van der Waals surface area contributed by atoms with E-state index in [-0.39, 0.29) is 23.5 Å². The van der Waals surface area contributed by atoms with Gasteiger partial charge in [-0.1, -0.05) is 12.1 Å². The molecule has 0 spiro atoms. The van der Waals surface area contributed by atoms with E-state index < -0.39 is 10.0 Å².